The van der Waals surface area contributed by atoms with Crippen molar-refractivity contribution in [2.24, 2.45) is 0 Å². The van der Waals surface area contributed by atoms with Crippen LogP contribution in [0.15, 0.2) is 261 Å². The number of rotatable bonds is 15. The molecule has 3 nitrogen and oxygen atoms in total. The number of carbonyl (C=O) groups excluding carboxylic acids is 2. The smallest absolute Gasteiger partial charge is 0.587 e. The van der Waals surface area contributed by atoms with Crippen molar-refractivity contribution < 1.29 is 47.7 Å². The van der Waals surface area contributed by atoms with Crippen molar-refractivity contribution in [2.45, 2.75) is 63.7 Å². The molecule has 3 aliphatic rings. The second-order valence-corrected chi connectivity index (χ2v) is 28.9. The second kappa shape index (κ2) is 33.7. The molecule has 0 atom stereocenters. The third-order valence-corrected chi connectivity index (χ3v) is 25.2. The molecule has 79 heavy (non-hydrogen) atoms. The minimum absolute atomic E-state index is 0. The number of benzene rings is 9. The molecule has 12 rings (SSSR count). The summed E-state index contributed by atoms with van der Waals surface area (Å²) in [6, 6.07) is 94.0. The SMILES string of the molecule is C1CCCC1.O=C1[N-]C(=O)c2cc(C3CCCC3)ccc21.[Fe+2].[Mo].c1ccc(P(CCP(c2ccccc2)c2ccccc2)c2ccccc2)cc1.c1ccc(P(CCP(c2ccccc2)c2ccccc2)c2ccccc2)cc1. The molecule has 9 heteroatoms. The van der Waals surface area contributed by atoms with E-state index in [2.05, 4.69) is 248 Å². The van der Waals surface area contributed by atoms with E-state index in [1.807, 2.05) is 12.1 Å². The van der Waals surface area contributed by atoms with Crippen molar-refractivity contribution in [3.05, 3.63) is 283 Å². The fourth-order valence-corrected chi connectivity index (χ4v) is 21.1. The van der Waals surface area contributed by atoms with Gasteiger partial charge in [0.15, 0.2) is 0 Å². The van der Waals surface area contributed by atoms with Gasteiger partial charge in [-0.3, -0.25) is 0 Å². The minimum Gasteiger partial charge on any atom is -0.587 e. The summed E-state index contributed by atoms with van der Waals surface area (Å²) in [5, 5.41) is 15.2. The third-order valence-electron chi connectivity index (χ3n) is 14.4. The molecule has 0 radical (unpaired) electrons. The first-order chi connectivity index (χ1) is 38.1. The fraction of sp³-hybridized carbons (Fsp3) is 0.200. The van der Waals surface area contributed by atoms with Crippen LogP contribution in [0, 0.1) is 0 Å². The maximum Gasteiger partial charge on any atom is 2.00 e. The molecule has 9 aromatic rings. The van der Waals surface area contributed by atoms with E-state index in [0.29, 0.717) is 17.0 Å². The molecular formula is C70H70FeMoNO2P4+. The topological polar surface area (TPSA) is 48.2 Å². The number of carbonyl (C=O) groups is 2. The molecule has 2 saturated carbocycles. The standard InChI is InChI=1S/2C26H24P2.C13H13NO2.C5H10.Fe.Mo/c2*1-5-13-23(14-6-1)27(24-15-7-2-8-16-24)21-22-28(25-17-9-3-10-18-25)26-19-11-4-12-20-26;15-12-10-6-5-9(8-3-1-2-4-8)7-11(10)13(16)14-12;1-2-4-5-3-1;;/h2*1-20H,21-22H2;5-8H,1-4H2,(H,14,15,16);1-5H2;;/q;;;;+2;/p-1. The van der Waals surface area contributed by atoms with Gasteiger partial charge >= 0.3 is 17.1 Å². The molecule has 0 saturated heterocycles. The van der Waals surface area contributed by atoms with Gasteiger partial charge in [-0.2, -0.15) is 0 Å². The number of fused-ring (bicyclic) bond motifs is 1. The first kappa shape index (κ1) is 61.7. The molecule has 9 aromatic carbocycles. The van der Waals surface area contributed by atoms with Crippen LogP contribution < -0.4 is 42.4 Å². The Hall–Kier alpha value is -4.95. The molecule has 400 valence electrons. The Labute approximate surface area is 501 Å². The van der Waals surface area contributed by atoms with Crippen molar-refractivity contribution in [3.8, 4) is 0 Å². The zero-order valence-corrected chi connectivity index (χ0v) is 51.6. The Balaban J connectivity index is 0.000000167. The molecule has 2 fully saturated rings. The van der Waals surface area contributed by atoms with E-state index in [0.717, 1.165) is 0 Å². The van der Waals surface area contributed by atoms with Gasteiger partial charge in [0.2, 0.25) is 0 Å². The van der Waals surface area contributed by atoms with Gasteiger partial charge < -0.3 is 14.9 Å². The van der Waals surface area contributed by atoms with E-state index < -0.39 is 5.91 Å². The zero-order valence-electron chi connectivity index (χ0n) is 44.9. The van der Waals surface area contributed by atoms with E-state index >= 15 is 0 Å². The molecule has 2 aliphatic carbocycles. The Kier molecular flexibility index (Phi) is 26.3. The Morgan fingerprint density at radius 1 is 0.304 bits per heavy atom. The summed E-state index contributed by atoms with van der Waals surface area (Å²) in [5.74, 6) is -0.202. The van der Waals surface area contributed by atoms with Crippen molar-refractivity contribution in [1.82, 2.24) is 0 Å². The predicted molar refractivity (Wildman–Crippen MR) is 339 cm³/mol. The summed E-state index contributed by atoms with van der Waals surface area (Å²) >= 11 is 0. The van der Waals surface area contributed by atoms with E-state index in [-0.39, 0.29) is 75.7 Å². The first-order valence-electron chi connectivity index (χ1n) is 27.5. The average molecular weight is 1230 g/mol. The van der Waals surface area contributed by atoms with Crippen molar-refractivity contribution in [3.63, 3.8) is 0 Å². The largest absolute Gasteiger partial charge is 2.00 e. The average Bonchev–Trinajstić information content (AvgIpc) is 4.34. The van der Waals surface area contributed by atoms with Gasteiger partial charge in [-0.1, -0.05) is 300 Å². The zero-order chi connectivity index (χ0) is 52.7. The van der Waals surface area contributed by atoms with Crippen LogP contribution in [0.2, 0.25) is 0 Å². The van der Waals surface area contributed by atoms with Crippen LogP contribution in [-0.2, 0) is 38.1 Å². The molecule has 1 heterocycles. The summed E-state index contributed by atoms with van der Waals surface area (Å²) in [6.07, 6.45) is 17.2. The Morgan fingerprint density at radius 3 is 0.772 bits per heavy atom. The van der Waals surface area contributed by atoms with Crippen molar-refractivity contribution in [1.29, 1.82) is 0 Å². The van der Waals surface area contributed by atoms with E-state index in [4.69, 9.17) is 0 Å². The first-order valence-corrected chi connectivity index (χ1v) is 33.6. The summed E-state index contributed by atoms with van der Waals surface area (Å²) < 4.78 is 0. The van der Waals surface area contributed by atoms with Crippen LogP contribution in [0.3, 0.4) is 0 Å². The summed E-state index contributed by atoms with van der Waals surface area (Å²) in [4.78, 5) is 22.8. The normalized spacial score (nSPS) is 13.4. The summed E-state index contributed by atoms with van der Waals surface area (Å²) in [6.45, 7) is 0. The maximum atomic E-state index is 11.5. The maximum absolute atomic E-state index is 11.5. The van der Waals surface area contributed by atoms with Crippen molar-refractivity contribution >= 4 is 85.9 Å². The van der Waals surface area contributed by atoms with Crippen LogP contribution in [0.25, 0.3) is 5.32 Å². The van der Waals surface area contributed by atoms with Crippen LogP contribution in [0.1, 0.15) is 90.0 Å². The Morgan fingerprint density at radius 2 is 0.532 bits per heavy atom. The van der Waals surface area contributed by atoms with Gasteiger partial charge in [0.1, 0.15) is 0 Å². The van der Waals surface area contributed by atoms with Gasteiger partial charge in [-0.05, 0) is 129 Å². The number of nitrogens with zero attached hydrogens (tertiary/aromatic N) is 1. The molecular weight excluding hydrogens is 1160 g/mol. The molecule has 0 aromatic heterocycles. The quantitative estimate of drug-likeness (QED) is 0.0583. The molecule has 1 aliphatic heterocycles. The fourth-order valence-electron chi connectivity index (χ4n) is 10.4. The number of hydrogen-bond donors (Lipinski definition) is 0. The van der Waals surface area contributed by atoms with Crippen LogP contribution in [-0.4, -0.2) is 36.5 Å². The minimum atomic E-state index is -0.391. The van der Waals surface area contributed by atoms with Crippen LogP contribution in [0.5, 0.6) is 0 Å². The van der Waals surface area contributed by atoms with E-state index in [1.165, 1.54) is 130 Å². The summed E-state index contributed by atoms with van der Waals surface area (Å²) in [7, 11) is -1.39. The predicted octanol–water partition coefficient (Wildman–Crippen LogP) is 15.5. The molecule has 0 unspecified atom stereocenters. The molecule has 0 bridgehead atoms. The molecule has 0 N–H and O–H groups in total. The number of amides is 2. The second-order valence-electron chi connectivity index (χ2n) is 19.6. The van der Waals surface area contributed by atoms with Gasteiger partial charge in [0.05, 0.1) is 11.8 Å². The monoisotopic (exact) mass is 1230 g/mol. The number of imide groups is 1. The van der Waals surface area contributed by atoms with Gasteiger partial charge in [-0.15, -0.1) is 0 Å². The van der Waals surface area contributed by atoms with Crippen LogP contribution >= 0.6 is 31.7 Å². The van der Waals surface area contributed by atoms with Gasteiger partial charge in [-0.25, -0.2) is 0 Å². The molecule has 0 spiro atoms. The number of hydrogen-bond acceptors (Lipinski definition) is 2. The van der Waals surface area contributed by atoms with E-state index in [1.54, 1.807) is 6.07 Å². The van der Waals surface area contributed by atoms with E-state index in [9.17, 15) is 9.59 Å². The van der Waals surface area contributed by atoms with Crippen molar-refractivity contribution in [2.75, 3.05) is 24.6 Å². The Bertz CT molecular complexity index is 2640. The molecule has 2 amide bonds. The summed E-state index contributed by atoms with van der Waals surface area (Å²) in [5.41, 5.74) is 2.15. The van der Waals surface area contributed by atoms with Gasteiger partial charge in [0.25, 0.3) is 0 Å². The van der Waals surface area contributed by atoms with Crippen LogP contribution in [0.4, 0.5) is 0 Å². The van der Waals surface area contributed by atoms with Gasteiger partial charge in [0, 0.05) is 32.2 Å². The third kappa shape index (κ3) is 18.3.